The number of para-hydroxylation sites is 1. The molecule has 0 amide bonds. The molecule has 3 rings (SSSR count). The van der Waals surface area contributed by atoms with Crippen molar-refractivity contribution in [2.24, 2.45) is 0 Å². The molecule has 0 spiro atoms. The number of thiazole rings is 1. The van der Waals surface area contributed by atoms with E-state index < -0.39 is 12.1 Å². The Morgan fingerprint density at radius 2 is 2.29 bits per heavy atom. The lowest BCUT2D eigenvalue weighted by atomic mass is 10.2. The predicted octanol–water partition coefficient (Wildman–Crippen LogP) is 2.48. The molecule has 2 atom stereocenters. The molecule has 1 aliphatic heterocycles. The Labute approximate surface area is 125 Å². The molecule has 110 valence electrons. The van der Waals surface area contributed by atoms with Crippen LogP contribution in [-0.4, -0.2) is 29.1 Å². The molecular weight excluding hydrogens is 290 g/mol. The number of ether oxygens (including phenoxy) is 2. The van der Waals surface area contributed by atoms with Crippen LogP contribution in [0.4, 0.5) is 0 Å². The Kier molecular flexibility index (Phi) is 3.88. The fourth-order valence-corrected chi connectivity index (χ4v) is 3.24. The second-order valence-electron chi connectivity index (χ2n) is 5.04. The highest BCUT2D eigenvalue weighted by Gasteiger charge is 2.34. The minimum atomic E-state index is -0.747. The number of esters is 2. The molecule has 0 bridgehead atoms. The van der Waals surface area contributed by atoms with Crippen LogP contribution >= 0.6 is 11.3 Å². The van der Waals surface area contributed by atoms with Crippen molar-refractivity contribution < 1.29 is 19.1 Å². The third-order valence-electron chi connectivity index (χ3n) is 3.28. The average Bonchev–Trinajstić information content (AvgIpc) is 2.99. The summed E-state index contributed by atoms with van der Waals surface area (Å²) < 4.78 is 11.2. The second-order valence-corrected chi connectivity index (χ2v) is 6.15. The van der Waals surface area contributed by atoms with E-state index >= 15 is 0 Å². The number of rotatable bonds is 4. The Balaban J connectivity index is 1.55. The van der Waals surface area contributed by atoms with E-state index in [9.17, 15) is 9.59 Å². The van der Waals surface area contributed by atoms with E-state index in [2.05, 4.69) is 4.98 Å². The molecule has 0 N–H and O–H groups in total. The standard InChI is InChI=1S/C15H15NO4S/c1-9-8-11(15(18)19-9)20-14(17)7-6-13-16-10-4-2-3-5-12(10)21-13/h2-5,9,11H,6-8H2,1H3/t9-,11+/m0/s1. The van der Waals surface area contributed by atoms with Crippen LogP contribution in [0.2, 0.25) is 0 Å². The molecule has 1 aromatic carbocycles. The number of hydrogen-bond donors (Lipinski definition) is 0. The molecule has 0 saturated carbocycles. The fourth-order valence-electron chi connectivity index (χ4n) is 2.27. The monoisotopic (exact) mass is 305 g/mol. The van der Waals surface area contributed by atoms with E-state index in [1.165, 1.54) is 0 Å². The molecule has 1 fully saturated rings. The summed E-state index contributed by atoms with van der Waals surface area (Å²) >= 11 is 1.57. The van der Waals surface area contributed by atoms with E-state index in [-0.39, 0.29) is 18.5 Å². The van der Waals surface area contributed by atoms with Crippen LogP contribution in [0.25, 0.3) is 10.2 Å². The molecule has 0 radical (unpaired) electrons. The van der Waals surface area contributed by atoms with Gasteiger partial charge in [0, 0.05) is 12.8 Å². The van der Waals surface area contributed by atoms with Crippen molar-refractivity contribution in [2.75, 3.05) is 0 Å². The number of hydrogen-bond acceptors (Lipinski definition) is 6. The quantitative estimate of drug-likeness (QED) is 0.812. The smallest absolute Gasteiger partial charge is 0.347 e. The lowest BCUT2D eigenvalue weighted by molar-refractivity contribution is -0.160. The van der Waals surface area contributed by atoms with Crippen LogP contribution in [0.1, 0.15) is 24.8 Å². The molecule has 5 nitrogen and oxygen atoms in total. The Hall–Kier alpha value is -1.95. The lowest BCUT2D eigenvalue weighted by Gasteiger charge is -2.07. The minimum Gasteiger partial charge on any atom is -0.460 e. The molecule has 1 aliphatic rings. The van der Waals surface area contributed by atoms with Gasteiger partial charge >= 0.3 is 11.9 Å². The highest BCUT2D eigenvalue weighted by molar-refractivity contribution is 7.18. The number of cyclic esters (lactones) is 1. The summed E-state index contributed by atoms with van der Waals surface area (Å²) in [5.74, 6) is -0.832. The summed E-state index contributed by atoms with van der Waals surface area (Å²) in [6.45, 7) is 1.78. The Bertz CT molecular complexity index is 648. The average molecular weight is 305 g/mol. The topological polar surface area (TPSA) is 65.5 Å². The van der Waals surface area contributed by atoms with Gasteiger partial charge in [0.2, 0.25) is 6.10 Å². The first-order valence-electron chi connectivity index (χ1n) is 6.86. The van der Waals surface area contributed by atoms with Crippen LogP contribution in [0.15, 0.2) is 24.3 Å². The van der Waals surface area contributed by atoms with Gasteiger partial charge in [0.25, 0.3) is 0 Å². The fraction of sp³-hybridized carbons (Fsp3) is 0.400. The molecule has 1 aromatic heterocycles. The van der Waals surface area contributed by atoms with E-state index in [0.29, 0.717) is 12.8 Å². The van der Waals surface area contributed by atoms with Crippen molar-refractivity contribution in [1.82, 2.24) is 4.98 Å². The van der Waals surface area contributed by atoms with Gasteiger partial charge in [-0.2, -0.15) is 0 Å². The zero-order chi connectivity index (χ0) is 14.8. The first-order valence-corrected chi connectivity index (χ1v) is 7.68. The maximum Gasteiger partial charge on any atom is 0.347 e. The molecule has 2 aromatic rings. The third-order valence-corrected chi connectivity index (χ3v) is 4.38. The van der Waals surface area contributed by atoms with Gasteiger partial charge < -0.3 is 9.47 Å². The van der Waals surface area contributed by atoms with Gasteiger partial charge in [-0.3, -0.25) is 4.79 Å². The van der Waals surface area contributed by atoms with Gasteiger partial charge in [-0.1, -0.05) is 12.1 Å². The zero-order valence-electron chi connectivity index (χ0n) is 11.6. The molecule has 6 heteroatoms. The van der Waals surface area contributed by atoms with Gasteiger partial charge in [-0.25, -0.2) is 9.78 Å². The van der Waals surface area contributed by atoms with Crippen LogP contribution in [-0.2, 0) is 25.5 Å². The highest BCUT2D eigenvalue weighted by atomic mass is 32.1. The molecule has 2 heterocycles. The van der Waals surface area contributed by atoms with E-state index in [4.69, 9.17) is 9.47 Å². The lowest BCUT2D eigenvalue weighted by Crippen LogP contribution is -2.22. The van der Waals surface area contributed by atoms with Crippen LogP contribution in [0.3, 0.4) is 0 Å². The van der Waals surface area contributed by atoms with Crippen molar-refractivity contribution in [2.45, 2.75) is 38.4 Å². The van der Waals surface area contributed by atoms with Gasteiger partial charge in [-0.05, 0) is 19.1 Å². The molecule has 0 aliphatic carbocycles. The minimum absolute atomic E-state index is 0.181. The van der Waals surface area contributed by atoms with Crippen molar-refractivity contribution in [3.63, 3.8) is 0 Å². The summed E-state index contributed by atoms with van der Waals surface area (Å²) in [5.41, 5.74) is 0.944. The zero-order valence-corrected chi connectivity index (χ0v) is 12.4. The number of fused-ring (bicyclic) bond motifs is 1. The van der Waals surface area contributed by atoms with Crippen molar-refractivity contribution >= 4 is 33.5 Å². The first-order chi connectivity index (χ1) is 10.1. The Morgan fingerprint density at radius 3 is 3.00 bits per heavy atom. The molecular formula is C15H15NO4S. The van der Waals surface area contributed by atoms with Gasteiger partial charge in [0.1, 0.15) is 6.10 Å². The maximum absolute atomic E-state index is 11.8. The largest absolute Gasteiger partial charge is 0.460 e. The first kappa shape index (κ1) is 14.0. The number of aryl methyl sites for hydroxylation is 1. The third kappa shape index (κ3) is 3.21. The van der Waals surface area contributed by atoms with Gasteiger partial charge in [0.05, 0.1) is 21.6 Å². The van der Waals surface area contributed by atoms with E-state index in [1.54, 1.807) is 18.3 Å². The number of benzene rings is 1. The molecule has 1 saturated heterocycles. The van der Waals surface area contributed by atoms with Crippen molar-refractivity contribution in [3.8, 4) is 0 Å². The van der Waals surface area contributed by atoms with Gasteiger partial charge in [-0.15, -0.1) is 11.3 Å². The Morgan fingerprint density at radius 1 is 1.48 bits per heavy atom. The van der Waals surface area contributed by atoms with E-state index in [0.717, 1.165) is 15.2 Å². The van der Waals surface area contributed by atoms with E-state index in [1.807, 2.05) is 24.3 Å². The number of aromatic nitrogens is 1. The summed E-state index contributed by atoms with van der Waals surface area (Å²) in [7, 11) is 0. The van der Waals surface area contributed by atoms with Gasteiger partial charge in [0.15, 0.2) is 0 Å². The summed E-state index contributed by atoms with van der Waals surface area (Å²) in [4.78, 5) is 27.7. The summed E-state index contributed by atoms with van der Waals surface area (Å²) in [6, 6.07) is 7.85. The van der Waals surface area contributed by atoms with Crippen molar-refractivity contribution in [3.05, 3.63) is 29.3 Å². The van der Waals surface area contributed by atoms with Crippen LogP contribution in [0.5, 0.6) is 0 Å². The molecule has 21 heavy (non-hydrogen) atoms. The van der Waals surface area contributed by atoms with Crippen LogP contribution < -0.4 is 0 Å². The summed E-state index contributed by atoms with van der Waals surface area (Å²) in [6.07, 6.45) is 0.251. The highest BCUT2D eigenvalue weighted by Crippen LogP contribution is 2.23. The molecule has 0 unspecified atom stereocenters. The number of carbonyl (C=O) groups excluding carboxylic acids is 2. The number of nitrogens with zero attached hydrogens (tertiary/aromatic N) is 1. The SMILES string of the molecule is C[C@H]1C[C@@H](OC(=O)CCc2nc3ccccc3s2)C(=O)O1. The predicted molar refractivity (Wildman–Crippen MR) is 78.0 cm³/mol. The summed E-state index contributed by atoms with van der Waals surface area (Å²) in [5, 5.41) is 0.899. The van der Waals surface area contributed by atoms with Crippen LogP contribution in [0, 0.1) is 0 Å². The maximum atomic E-state index is 11.8. The normalized spacial score (nSPS) is 21.5. The number of carbonyl (C=O) groups is 2. The second kappa shape index (κ2) is 5.81. The van der Waals surface area contributed by atoms with Crippen molar-refractivity contribution in [1.29, 1.82) is 0 Å².